The summed E-state index contributed by atoms with van der Waals surface area (Å²) in [6.45, 7) is 0. The first kappa shape index (κ1) is 12.6. The molecule has 0 aliphatic carbocycles. The highest BCUT2D eigenvalue weighted by Gasteiger charge is 2.45. The summed E-state index contributed by atoms with van der Waals surface area (Å²) in [5, 5.41) is -5.57. The molecule has 3 heterocycles. The van der Waals surface area contributed by atoms with Crippen LogP contribution in [0.25, 0.3) is 38.6 Å². The van der Waals surface area contributed by atoms with Crippen molar-refractivity contribution in [2.75, 3.05) is 0 Å². The number of nitrogens with zero attached hydrogens (tertiary/aromatic N) is 1. The van der Waals surface area contributed by atoms with Crippen molar-refractivity contribution in [3.05, 3.63) is 193 Å². The average molecular weight is 742 g/mol. The Kier molecular flexibility index (Phi) is 2.85. The minimum absolute atomic E-state index is 0.434. The Morgan fingerprint density at radius 2 is 1.04 bits per heavy atom. The van der Waals surface area contributed by atoms with Crippen molar-refractivity contribution in [1.82, 2.24) is 4.57 Å². The van der Waals surface area contributed by atoms with Crippen LogP contribution in [0.3, 0.4) is 0 Å². The molecule has 0 atom stereocenters. The van der Waals surface area contributed by atoms with E-state index in [2.05, 4.69) is 0 Å². The van der Waals surface area contributed by atoms with E-state index in [0.29, 0.717) is 11.6 Å². The van der Waals surface area contributed by atoms with Gasteiger partial charge in [-0.15, -0.1) is 0 Å². The Balaban J connectivity index is 1.43. The molecule has 0 bridgehead atoms. The molecule has 248 valence electrons. The third-order valence-electron chi connectivity index (χ3n) is 8.92. The van der Waals surface area contributed by atoms with Crippen LogP contribution in [0, 0.1) is 0 Å². The van der Waals surface area contributed by atoms with Gasteiger partial charge in [0.1, 0.15) is 11.5 Å². The summed E-state index contributed by atoms with van der Waals surface area (Å²) >= 11 is 0.547. The van der Waals surface area contributed by atoms with Crippen LogP contribution in [0.1, 0.15) is 43.9 Å². The van der Waals surface area contributed by atoms with Gasteiger partial charge in [0.2, 0.25) is 0 Å². The van der Waals surface area contributed by atoms with Crippen molar-refractivity contribution in [1.29, 1.82) is 0 Å². The largest absolute Gasteiger partial charge is 0.458 e. The maximum atomic E-state index is 10.6. The van der Waals surface area contributed by atoms with Crippen molar-refractivity contribution in [2.24, 2.45) is 0 Å². The van der Waals surface area contributed by atoms with E-state index < -0.39 is 294 Å². The third kappa shape index (κ3) is 4.54. The van der Waals surface area contributed by atoms with Crippen molar-refractivity contribution < 1.29 is 48.6 Å². The van der Waals surface area contributed by atoms with Crippen LogP contribution in [0.2, 0.25) is 0 Å². The minimum Gasteiger partial charge on any atom is -0.458 e. The van der Waals surface area contributed by atoms with Gasteiger partial charge < -0.3 is 9.30 Å². The predicted octanol–water partition coefficient (Wildman–Crippen LogP) is 8.15. The van der Waals surface area contributed by atoms with Gasteiger partial charge in [-0.25, -0.2) is 0 Å². The fourth-order valence-corrected chi connectivity index (χ4v) is 11.6. The van der Waals surface area contributed by atoms with Gasteiger partial charge in [-0.05, 0) is 73.0 Å². The SMILES string of the molecule is [2H]c1c([2H])c([2H])c([Si](c2c([2H])c([2H])c([2H])c([2H])c2[2H])(c2c([2H])c([2H])c([2H])c([2H])c2[2H])c2c([2H])c3c4c(c2[2H])-c2c([2H])c([2H])c([2H])c([2H])c2SB4c2c([2H])c([2H])c(-n4c5c([2H])c([2H])c([2H])c([2H])c5c5c([2H])c([2H])c([2H])c([2H])c54)c([2H])c2O3)c([2H])c1[2H]. The van der Waals surface area contributed by atoms with E-state index in [4.69, 9.17) is 30.8 Å². The molecule has 0 fully saturated rings. The fourth-order valence-electron chi connectivity index (χ4n) is 6.75. The van der Waals surface area contributed by atoms with E-state index in [1.165, 1.54) is 0 Å². The van der Waals surface area contributed by atoms with Crippen molar-refractivity contribution in [3.8, 4) is 28.3 Å². The van der Waals surface area contributed by atoms with E-state index in [0.717, 1.165) is 4.57 Å². The van der Waals surface area contributed by atoms with Gasteiger partial charge in [-0.1, -0.05) is 157 Å². The van der Waals surface area contributed by atoms with Crippen LogP contribution in [-0.2, 0) is 0 Å². The van der Waals surface area contributed by atoms with Gasteiger partial charge in [0, 0.05) is 27.4 Å². The van der Waals surface area contributed by atoms with E-state index in [1.807, 2.05) is 0 Å². The highest BCUT2D eigenvalue weighted by molar-refractivity contribution is 8.28. The molecule has 0 amide bonds. The Labute approximate surface area is 359 Å². The molecule has 5 heteroatoms. The van der Waals surface area contributed by atoms with Crippen LogP contribution in [0.15, 0.2) is 198 Å². The lowest BCUT2D eigenvalue weighted by molar-refractivity contribution is 0.488. The molecule has 53 heavy (non-hydrogen) atoms. The summed E-state index contributed by atoms with van der Waals surface area (Å²) in [4.78, 5) is -0.434. The Morgan fingerprint density at radius 3 is 1.66 bits per heavy atom. The standard InChI is InChI=1S/C48H32BNOSSi/c1-4-16-34(17-5-1)53(35-18-6-2-7-19-35,36-20-8-3-9-21-36)37-31-41-40-24-12-15-27-47(40)52-49-42-29-28-33(30-45(42)51-46(32-37)48(41)49)50-43-25-13-10-22-38(43)39-23-11-14-26-44(39)50/h1-32H/i1D,2D,3D,4D,5D,6D,7D,8D,9D,10D,11D,12D,13D,14D,15D,16D,17D,18D,19D,20D,21D,22D,23D,24D,25D,26D,27D,28D,29D,30D,31D,32D. The highest BCUT2D eigenvalue weighted by atomic mass is 32.2. The Hall–Kier alpha value is -6.01. The van der Waals surface area contributed by atoms with Gasteiger partial charge >= 0.3 is 0 Å². The molecule has 0 spiro atoms. The van der Waals surface area contributed by atoms with Crippen molar-refractivity contribution in [2.45, 2.75) is 4.90 Å². The number of para-hydroxylation sites is 2. The summed E-state index contributed by atoms with van der Waals surface area (Å²) in [6, 6.07) is -33.9. The Bertz CT molecular complexity index is 4390. The summed E-state index contributed by atoms with van der Waals surface area (Å²) < 4.78 is 303. The van der Waals surface area contributed by atoms with E-state index in [9.17, 15) is 17.8 Å². The van der Waals surface area contributed by atoms with Gasteiger partial charge in [-0.3, -0.25) is 0 Å². The van der Waals surface area contributed by atoms with Gasteiger partial charge in [0.05, 0.1) is 54.9 Å². The lowest BCUT2D eigenvalue weighted by Crippen LogP contribution is -2.75. The maximum absolute atomic E-state index is 10.6. The smallest absolute Gasteiger partial charge is 0.289 e. The second-order valence-electron chi connectivity index (χ2n) is 11.5. The number of ether oxygens (including phenoxy) is 1. The van der Waals surface area contributed by atoms with Gasteiger partial charge in [0.15, 0.2) is 8.07 Å². The quantitative estimate of drug-likeness (QED) is 0.131. The number of rotatable bonds is 5. The third-order valence-corrected chi connectivity index (χ3v) is 14.2. The normalized spacial score (nSPS) is 21.4. The number of aromatic nitrogens is 1. The predicted molar refractivity (Wildman–Crippen MR) is 227 cm³/mol. The summed E-state index contributed by atoms with van der Waals surface area (Å²) in [7, 11) is -6.49. The molecule has 2 nitrogen and oxygen atoms in total. The second-order valence-corrected chi connectivity index (χ2v) is 16.2. The zero-order valence-electron chi connectivity index (χ0n) is 58.3. The summed E-state index contributed by atoms with van der Waals surface area (Å²) in [5.74, 6) is -3.48. The first-order valence-electron chi connectivity index (χ1n) is 31.6. The second kappa shape index (κ2) is 12.0. The van der Waals surface area contributed by atoms with Crippen LogP contribution >= 0.6 is 11.6 Å². The molecule has 9 aromatic rings. The topological polar surface area (TPSA) is 14.2 Å². The zero-order chi connectivity index (χ0) is 62.8. The van der Waals surface area contributed by atoms with Gasteiger partial charge in [-0.2, -0.15) is 11.6 Å². The first-order valence-corrected chi connectivity index (χ1v) is 18.5. The molecule has 0 N–H and O–H groups in total. The average Bonchev–Trinajstić information content (AvgIpc) is 0.945. The molecule has 0 radical (unpaired) electrons. The van der Waals surface area contributed by atoms with E-state index in [1.54, 1.807) is 0 Å². The maximum Gasteiger partial charge on any atom is 0.289 e. The van der Waals surface area contributed by atoms with Crippen molar-refractivity contribution in [3.63, 3.8) is 0 Å². The van der Waals surface area contributed by atoms with E-state index in [-0.39, 0.29) is 0 Å². The molecule has 8 aromatic carbocycles. The molecular weight excluding hydrogens is 677 g/mol. The molecule has 11 rings (SSSR count). The monoisotopic (exact) mass is 741 g/mol. The van der Waals surface area contributed by atoms with Crippen LogP contribution < -0.4 is 36.4 Å². The number of benzene rings is 8. The fraction of sp³-hybridized carbons (Fsp3) is 0. The lowest BCUT2D eigenvalue weighted by atomic mass is 9.57. The van der Waals surface area contributed by atoms with Crippen LogP contribution in [0.5, 0.6) is 11.5 Å². The molecule has 0 saturated heterocycles. The molecule has 0 saturated carbocycles. The molecule has 0 unspecified atom stereocenters. The summed E-state index contributed by atoms with van der Waals surface area (Å²) in [6.07, 6.45) is 0. The van der Waals surface area contributed by atoms with Crippen LogP contribution in [0.4, 0.5) is 0 Å². The van der Waals surface area contributed by atoms with Crippen LogP contribution in [-0.4, -0.2) is 18.6 Å². The number of hydrogen-bond donors (Lipinski definition) is 0. The molecular formula is C48H32BNOSSi. The van der Waals surface area contributed by atoms with Gasteiger partial charge in [0.25, 0.3) is 5.99 Å². The number of fused-ring (bicyclic) bond motifs is 7. The molecule has 2 aliphatic heterocycles. The highest BCUT2D eigenvalue weighted by Crippen LogP contribution is 2.43. The molecule has 2 aliphatic rings. The molecule has 1 aromatic heterocycles. The van der Waals surface area contributed by atoms with E-state index >= 15 is 0 Å². The van der Waals surface area contributed by atoms with Crippen molar-refractivity contribution >= 4 is 79.2 Å². The lowest BCUT2D eigenvalue weighted by Gasteiger charge is -2.38. The zero-order valence-corrected chi connectivity index (χ0v) is 28.2. The number of hydrogen-bond acceptors (Lipinski definition) is 2. The Morgan fingerprint density at radius 1 is 0.491 bits per heavy atom. The first-order chi connectivity index (χ1) is 39.6. The minimum atomic E-state index is -6.49. The summed E-state index contributed by atoms with van der Waals surface area (Å²) in [5.41, 5.74) is -4.27.